The lowest BCUT2D eigenvalue weighted by molar-refractivity contribution is -0.134. The van der Waals surface area contributed by atoms with Gasteiger partial charge in [0, 0.05) is 16.4 Å². The van der Waals surface area contributed by atoms with Gasteiger partial charge in [0.15, 0.2) is 0 Å². The van der Waals surface area contributed by atoms with Crippen molar-refractivity contribution in [3.63, 3.8) is 0 Å². The first-order chi connectivity index (χ1) is 11.5. The Kier molecular flexibility index (Phi) is 4.49. The zero-order chi connectivity index (χ0) is 17.3. The van der Waals surface area contributed by atoms with Crippen LogP contribution in [0.3, 0.4) is 0 Å². The molecule has 3 rings (SSSR count). The van der Waals surface area contributed by atoms with Crippen LogP contribution in [0.4, 0.5) is 0 Å². The molecule has 0 aliphatic rings. The number of carbonyl (C=O) groups is 1. The molecule has 7 heteroatoms. The summed E-state index contributed by atoms with van der Waals surface area (Å²) in [4.78, 5) is 20.6. The molecule has 0 unspecified atom stereocenters. The molecule has 1 aromatic carbocycles. The normalized spacial score (nSPS) is 11.0. The molecule has 0 atom stereocenters. The van der Waals surface area contributed by atoms with Crippen LogP contribution in [0.25, 0.3) is 5.78 Å². The van der Waals surface area contributed by atoms with Crippen molar-refractivity contribution in [2.45, 2.75) is 33.6 Å². The molecule has 0 aliphatic heterocycles. The third-order valence-electron chi connectivity index (χ3n) is 3.93. The number of hydrogen-bond donors (Lipinski definition) is 0. The van der Waals surface area contributed by atoms with E-state index in [4.69, 9.17) is 16.3 Å². The summed E-state index contributed by atoms with van der Waals surface area (Å²) in [6.07, 6.45) is 2.26. The minimum atomic E-state index is -0.294. The highest BCUT2D eigenvalue weighted by atomic mass is 35.5. The zero-order valence-corrected chi connectivity index (χ0v) is 14.5. The van der Waals surface area contributed by atoms with E-state index >= 15 is 0 Å². The maximum Gasteiger partial charge on any atom is 0.311 e. The van der Waals surface area contributed by atoms with Crippen LogP contribution in [0.5, 0.6) is 5.75 Å². The average molecular weight is 345 g/mol. The van der Waals surface area contributed by atoms with Gasteiger partial charge in [-0.05, 0) is 56.5 Å². The second kappa shape index (κ2) is 6.57. The fourth-order valence-electron chi connectivity index (χ4n) is 2.65. The van der Waals surface area contributed by atoms with Gasteiger partial charge in [0.25, 0.3) is 5.78 Å². The first-order valence-corrected chi connectivity index (χ1v) is 7.96. The minimum absolute atomic E-state index is 0.256. The number of aryl methyl sites for hydroxylation is 3. The lowest BCUT2D eigenvalue weighted by Crippen LogP contribution is -2.12. The van der Waals surface area contributed by atoms with Crippen LogP contribution in [0.15, 0.2) is 24.5 Å². The average Bonchev–Trinajstić information content (AvgIpc) is 2.98. The predicted octanol–water partition coefficient (Wildman–Crippen LogP) is 3.24. The Morgan fingerprint density at radius 2 is 2.08 bits per heavy atom. The Hall–Kier alpha value is -2.47. The van der Waals surface area contributed by atoms with E-state index in [0.717, 1.165) is 22.5 Å². The zero-order valence-electron chi connectivity index (χ0n) is 13.7. The Bertz CT molecular complexity index is 920. The smallest absolute Gasteiger partial charge is 0.311 e. The van der Waals surface area contributed by atoms with Crippen LogP contribution in [0, 0.1) is 20.8 Å². The van der Waals surface area contributed by atoms with E-state index < -0.39 is 0 Å². The molecule has 0 bridgehead atoms. The van der Waals surface area contributed by atoms with E-state index in [2.05, 4.69) is 15.1 Å². The van der Waals surface area contributed by atoms with E-state index in [0.29, 0.717) is 23.0 Å². The number of aromatic nitrogens is 4. The number of hydrogen-bond acceptors (Lipinski definition) is 5. The van der Waals surface area contributed by atoms with E-state index in [9.17, 15) is 4.79 Å². The Morgan fingerprint density at radius 1 is 1.29 bits per heavy atom. The second-order valence-corrected chi connectivity index (χ2v) is 6.05. The summed E-state index contributed by atoms with van der Waals surface area (Å²) in [5.74, 6) is 0.800. The fourth-order valence-corrected chi connectivity index (χ4v) is 2.87. The van der Waals surface area contributed by atoms with Gasteiger partial charge in [-0.15, -0.1) is 0 Å². The highest BCUT2D eigenvalue weighted by Crippen LogP contribution is 2.22. The molecule has 2 aromatic heterocycles. The fraction of sp³-hybridized carbons (Fsp3) is 0.294. The van der Waals surface area contributed by atoms with Crippen molar-refractivity contribution in [3.05, 3.63) is 52.1 Å². The standard InChI is InChI=1S/C17H17ClN4O2/c1-10-8-13(18)4-6-15(10)24-16(23)7-5-14-11(2)21-17-19-9-20-22(17)12(14)3/h4,6,8-9H,5,7H2,1-3H3. The van der Waals surface area contributed by atoms with Gasteiger partial charge < -0.3 is 4.74 Å². The van der Waals surface area contributed by atoms with Crippen molar-refractivity contribution in [2.24, 2.45) is 0 Å². The molecule has 0 amide bonds. The molecule has 0 spiro atoms. The van der Waals surface area contributed by atoms with Crippen LogP contribution in [0.2, 0.25) is 5.02 Å². The van der Waals surface area contributed by atoms with E-state index in [1.165, 1.54) is 6.33 Å². The lowest BCUT2D eigenvalue weighted by Gasteiger charge is -2.11. The molecule has 3 aromatic rings. The van der Waals surface area contributed by atoms with Crippen LogP contribution < -0.4 is 4.74 Å². The maximum absolute atomic E-state index is 12.1. The van der Waals surface area contributed by atoms with Gasteiger partial charge in [0.2, 0.25) is 0 Å². The van der Waals surface area contributed by atoms with Crippen molar-refractivity contribution in [1.29, 1.82) is 0 Å². The number of nitrogens with zero attached hydrogens (tertiary/aromatic N) is 4. The van der Waals surface area contributed by atoms with Gasteiger partial charge in [-0.2, -0.15) is 10.1 Å². The summed E-state index contributed by atoms with van der Waals surface area (Å²) in [6, 6.07) is 5.17. The monoisotopic (exact) mass is 344 g/mol. The summed E-state index contributed by atoms with van der Waals surface area (Å²) in [5, 5.41) is 4.77. The molecule has 6 nitrogen and oxygen atoms in total. The van der Waals surface area contributed by atoms with Crippen LogP contribution >= 0.6 is 11.6 Å². The molecular weight excluding hydrogens is 328 g/mol. The molecule has 0 saturated carbocycles. The maximum atomic E-state index is 12.1. The molecule has 2 heterocycles. The summed E-state index contributed by atoms with van der Waals surface area (Å²) in [6.45, 7) is 5.71. The van der Waals surface area contributed by atoms with Crippen LogP contribution in [0.1, 0.15) is 28.9 Å². The quantitative estimate of drug-likeness (QED) is 0.537. The van der Waals surface area contributed by atoms with E-state index in [1.54, 1.807) is 22.7 Å². The summed E-state index contributed by atoms with van der Waals surface area (Å²) in [7, 11) is 0. The van der Waals surface area contributed by atoms with Crippen molar-refractivity contribution in [1.82, 2.24) is 19.6 Å². The Balaban J connectivity index is 1.72. The Labute approximate surface area is 144 Å². The molecule has 124 valence electrons. The van der Waals surface area contributed by atoms with E-state index in [1.807, 2.05) is 20.8 Å². The Morgan fingerprint density at radius 3 is 2.83 bits per heavy atom. The highest BCUT2D eigenvalue weighted by molar-refractivity contribution is 6.30. The summed E-state index contributed by atoms with van der Waals surface area (Å²) >= 11 is 5.91. The molecule has 0 saturated heterocycles. The van der Waals surface area contributed by atoms with Crippen molar-refractivity contribution in [2.75, 3.05) is 0 Å². The molecule has 0 N–H and O–H groups in total. The first-order valence-electron chi connectivity index (χ1n) is 7.58. The topological polar surface area (TPSA) is 69.4 Å². The number of esters is 1. The summed E-state index contributed by atoms with van der Waals surface area (Å²) < 4.78 is 7.10. The molecular formula is C17H17ClN4O2. The number of halogens is 1. The molecule has 24 heavy (non-hydrogen) atoms. The van der Waals surface area contributed by atoms with Crippen molar-refractivity contribution < 1.29 is 9.53 Å². The van der Waals surface area contributed by atoms with Gasteiger partial charge >= 0.3 is 5.97 Å². The molecule has 0 fully saturated rings. The third-order valence-corrected chi connectivity index (χ3v) is 4.16. The number of benzene rings is 1. The first kappa shape index (κ1) is 16.4. The van der Waals surface area contributed by atoms with Gasteiger partial charge in [-0.1, -0.05) is 11.6 Å². The van der Waals surface area contributed by atoms with Gasteiger partial charge in [0.1, 0.15) is 12.1 Å². The van der Waals surface area contributed by atoms with Crippen molar-refractivity contribution in [3.8, 4) is 5.75 Å². The highest BCUT2D eigenvalue weighted by Gasteiger charge is 2.14. The molecule has 0 aliphatic carbocycles. The summed E-state index contributed by atoms with van der Waals surface area (Å²) in [5.41, 5.74) is 3.60. The van der Waals surface area contributed by atoms with Crippen molar-refractivity contribution >= 4 is 23.3 Å². The van der Waals surface area contributed by atoms with E-state index in [-0.39, 0.29) is 12.4 Å². The predicted molar refractivity (Wildman–Crippen MR) is 90.4 cm³/mol. The molecule has 0 radical (unpaired) electrons. The second-order valence-electron chi connectivity index (χ2n) is 5.62. The number of rotatable bonds is 4. The van der Waals surface area contributed by atoms with Crippen LogP contribution in [-0.4, -0.2) is 25.6 Å². The third kappa shape index (κ3) is 3.23. The number of fused-ring (bicyclic) bond motifs is 1. The van der Waals surface area contributed by atoms with Gasteiger partial charge in [-0.25, -0.2) is 9.50 Å². The minimum Gasteiger partial charge on any atom is -0.426 e. The number of ether oxygens (including phenoxy) is 1. The number of carbonyl (C=O) groups excluding carboxylic acids is 1. The largest absolute Gasteiger partial charge is 0.426 e. The van der Waals surface area contributed by atoms with Crippen LogP contribution in [-0.2, 0) is 11.2 Å². The lowest BCUT2D eigenvalue weighted by atomic mass is 10.1. The van der Waals surface area contributed by atoms with Gasteiger partial charge in [-0.3, -0.25) is 4.79 Å². The SMILES string of the molecule is Cc1cc(Cl)ccc1OC(=O)CCc1c(C)nc2ncnn2c1C. The van der Waals surface area contributed by atoms with Gasteiger partial charge in [0.05, 0.1) is 6.42 Å².